The first kappa shape index (κ1) is 22.9. The number of hydrogen-bond donors (Lipinski definition) is 1. The molecule has 7 nitrogen and oxygen atoms in total. The fraction of sp³-hybridized carbons (Fsp3) is 0.524. The molecule has 0 aliphatic heterocycles. The highest BCUT2D eigenvalue weighted by atomic mass is 32.2. The van der Waals surface area contributed by atoms with E-state index in [-0.39, 0.29) is 29.2 Å². The van der Waals surface area contributed by atoms with E-state index < -0.39 is 5.97 Å². The van der Waals surface area contributed by atoms with Crippen molar-refractivity contribution in [2.24, 2.45) is 11.8 Å². The highest BCUT2D eigenvalue weighted by Gasteiger charge is 2.17. The van der Waals surface area contributed by atoms with E-state index in [1.807, 2.05) is 34.6 Å². The number of esters is 1. The molecule has 1 aromatic heterocycles. The maximum absolute atomic E-state index is 13.0. The minimum absolute atomic E-state index is 0.0631. The zero-order valence-electron chi connectivity index (χ0n) is 17.8. The molecule has 1 amide bonds. The average molecular weight is 420 g/mol. The highest BCUT2D eigenvalue weighted by molar-refractivity contribution is 7.99. The second-order valence-corrected chi connectivity index (χ2v) is 8.76. The van der Waals surface area contributed by atoms with Crippen LogP contribution in [0.2, 0.25) is 0 Å². The van der Waals surface area contributed by atoms with Crippen LogP contribution in [-0.2, 0) is 16.1 Å². The molecular formula is C21H29N3O4S. The van der Waals surface area contributed by atoms with Crippen molar-refractivity contribution < 1.29 is 14.3 Å². The number of nitrogens with one attached hydrogen (secondary N) is 1. The molecule has 0 spiro atoms. The van der Waals surface area contributed by atoms with Gasteiger partial charge in [-0.1, -0.05) is 39.5 Å². The zero-order valence-corrected chi connectivity index (χ0v) is 18.6. The van der Waals surface area contributed by atoms with Crippen LogP contribution in [0.4, 0.5) is 0 Å². The Morgan fingerprint density at radius 3 is 2.48 bits per heavy atom. The third-order valence-corrected chi connectivity index (χ3v) is 5.59. The van der Waals surface area contributed by atoms with Gasteiger partial charge in [-0.3, -0.25) is 14.2 Å². The van der Waals surface area contributed by atoms with Crippen molar-refractivity contribution in [2.75, 3.05) is 12.9 Å². The molecule has 0 aliphatic carbocycles. The van der Waals surface area contributed by atoms with Gasteiger partial charge in [0.25, 0.3) is 5.56 Å². The largest absolute Gasteiger partial charge is 0.465 e. The molecule has 0 unspecified atom stereocenters. The van der Waals surface area contributed by atoms with Crippen molar-refractivity contribution in [1.29, 1.82) is 0 Å². The topological polar surface area (TPSA) is 90.3 Å². The molecule has 2 aromatic rings. The summed E-state index contributed by atoms with van der Waals surface area (Å²) in [7, 11) is 1.30. The van der Waals surface area contributed by atoms with E-state index in [4.69, 9.17) is 4.74 Å². The van der Waals surface area contributed by atoms with Gasteiger partial charge in [0, 0.05) is 12.6 Å². The Balaban J connectivity index is 2.40. The standard InChI is InChI=1S/C21H29N3O4S/c1-12(2)10-24-19(26)16-8-7-15(20(27)28-6)9-17(16)23-21(24)29-11-18(25)22-14(5)13(3)4/h7-9,12-14H,10-11H2,1-6H3,(H,22,25)/t14-/m1/s1. The smallest absolute Gasteiger partial charge is 0.337 e. The molecule has 0 saturated carbocycles. The number of amides is 1. The van der Waals surface area contributed by atoms with Gasteiger partial charge < -0.3 is 10.1 Å². The molecule has 8 heteroatoms. The number of benzene rings is 1. The Kier molecular flexibility index (Phi) is 7.84. The molecule has 0 fully saturated rings. The normalized spacial score (nSPS) is 12.4. The van der Waals surface area contributed by atoms with E-state index in [1.54, 1.807) is 22.8 Å². The van der Waals surface area contributed by atoms with E-state index in [0.717, 1.165) is 0 Å². The van der Waals surface area contributed by atoms with Gasteiger partial charge in [-0.05, 0) is 37.0 Å². The van der Waals surface area contributed by atoms with Crippen molar-refractivity contribution in [3.05, 3.63) is 34.1 Å². The number of nitrogens with zero attached hydrogens (tertiary/aromatic N) is 2. The summed E-state index contributed by atoms with van der Waals surface area (Å²) in [6.07, 6.45) is 0. The molecule has 1 N–H and O–H groups in total. The van der Waals surface area contributed by atoms with E-state index in [9.17, 15) is 14.4 Å². The third kappa shape index (κ3) is 5.82. The molecule has 0 bridgehead atoms. The number of carbonyl (C=O) groups is 2. The number of thioether (sulfide) groups is 1. The molecule has 0 aliphatic rings. The predicted octanol–water partition coefficient (Wildman–Crippen LogP) is 3.09. The molecular weight excluding hydrogens is 390 g/mol. The molecule has 2 rings (SSSR count). The van der Waals surface area contributed by atoms with Crippen LogP contribution in [0.25, 0.3) is 10.9 Å². The molecule has 158 valence electrons. The maximum Gasteiger partial charge on any atom is 0.337 e. The number of fused-ring (bicyclic) bond motifs is 1. The average Bonchev–Trinajstić information content (AvgIpc) is 2.67. The fourth-order valence-electron chi connectivity index (χ4n) is 2.67. The van der Waals surface area contributed by atoms with Crippen molar-refractivity contribution in [3.8, 4) is 0 Å². The first-order valence-electron chi connectivity index (χ1n) is 9.69. The Morgan fingerprint density at radius 2 is 1.90 bits per heavy atom. The van der Waals surface area contributed by atoms with Crippen LogP contribution in [0.5, 0.6) is 0 Å². The summed E-state index contributed by atoms with van der Waals surface area (Å²) in [5.41, 5.74) is 0.558. The summed E-state index contributed by atoms with van der Waals surface area (Å²) in [5.74, 6) is 0.124. The van der Waals surface area contributed by atoms with Crippen LogP contribution in [0.3, 0.4) is 0 Å². The van der Waals surface area contributed by atoms with Crippen LogP contribution in [0, 0.1) is 11.8 Å². The first-order valence-corrected chi connectivity index (χ1v) is 10.7. The number of carbonyl (C=O) groups excluding carboxylic acids is 2. The van der Waals surface area contributed by atoms with Gasteiger partial charge in [0.05, 0.1) is 29.3 Å². The Bertz CT molecular complexity index is 953. The summed E-state index contributed by atoms with van der Waals surface area (Å²) in [6.45, 7) is 10.6. The Hall–Kier alpha value is -2.35. The lowest BCUT2D eigenvalue weighted by atomic mass is 10.1. The monoisotopic (exact) mass is 419 g/mol. The van der Waals surface area contributed by atoms with Crippen LogP contribution in [0.1, 0.15) is 45.0 Å². The van der Waals surface area contributed by atoms with Gasteiger partial charge >= 0.3 is 5.97 Å². The van der Waals surface area contributed by atoms with Gasteiger partial charge in [0.1, 0.15) is 0 Å². The number of rotatable bonds is 8. The second kappa shape index (κ2) is 9.91. The van der Waals surface area contributed by atoms with Crippen molar-refractivity contribution in [2.45, 2.75) is 52.4 Å². The van der Waals surface area contributed by atoms with Gasteiger partial charge in [-0.2, -0.15) is 0 Å². The van der Waals surface area contributed by atoms with Gasteiger partial charge in [-0.25, -0.2) is 9.78 Å². The summed E-state index contributed by atoms with van der Waals surface area (Å²) in [6, 6.07) is 4.77. The second-order valence-electron chi connectivity index (χ2n) is 7.82. The molecule has 1 aromatic carbocycles. The van der Waals surface area contributed by atoms with Gasteiger partial charge in [0.15, 0.2) is 5.16 Å². The summed E-state index contributed by atoms with van der Waals surface area (Å²) >= 11 is 1.22. The van der Waals surface area contributed by atoms with E-state index in [1.165, 1.54) is 18.9 Å². The minimum Gasteiger partial charge on any atom is -0.465 e. The van der Waals surface area contributed by atoms with Crippen LogP contribution in [-0.4, -0.2) is 40.3 Å². The van der Waals surface area contributed by atoms with E-state index in [2.05, 4.69) is 10.3 Å². The summed E-state index contributed by atoms with van der Waals surface area (Å²) < 4.78 is 6.35. The molecule has 0 saturated heterocycles. The molecule has 29 heavy (non-hydrogen) atoms. The lowest BCUT2D eigenvalue weighted by Crippen LogP contribution is -2.37. The Morgan fingerprint density at radius 1 is 1.21 bits per heavy atom. The third-order valence-electron chi connectivity index (χ3n) is 4.61. The quantitative estimate of drug-likeness (QED) is 0.402. The molecule has 1 heterocycles. The first-order chi connectivity index (χ1) is 13.6. The number of hydrogen-bond acceptors (Lipinski definition) is 6. The fourth-order valence-corrected chi connectivity index (χ4v) is 3.49. The van der Waals surface area contributed by atoms with E-state index in [0.29, 0.717) is 34.1 Å². The molecule has 0 radical (unpaired) electrons. The van der Waals surface area contributed by atoms with Crippen LogP contribution >= 0.6 is 11.8 Å². The van der Waals surface area contributed by atoms with Crippen LogP contribution < -0.4 is 10.9 Å². The van der Waals surface area contributed by atoms with Gasteiger partial charge in [0.2, 0.25) is 5.91 Å². The highest BCUT2D eigenvalue weighted by Crippen LogP contribution is 2.20. The number of aromatic nitrogens is 2. The SMILES string of the molecule is COC(=O)c1ccc2c(=O)n(CC(C)C)c(SCC(=O)N[C@H](C)C(C)C)nc2c1. The predicted molar refractivity (Wildman–Crippen MR) is 115 cm³/mol. The summed E-state index contributed by atoms with van der Waals surface area (Å²) in [4.78, 5) is 41.7. The summed E-state index contributed by atoms with van der Waals surface area (Å²) in [5, 5.41) is 3.85. The Labute approximate surface area is 175 Å². The number of methoxy groups -OCH3 is 1. The minimum atomic E-state index is -0.490. The number of ether oxygens (including phenoxy) is 1. The van der Waals surface area contributed by atoms with Crippen molar-refractivity contribution >= 4 is 34.5 Å². The van der Waals surface area contributed by atoms with Crippen molar-refractivity contribution in [3.63, 3.8) is 0 Å². The zero-order chi connectivity index (χ0) is 21.7. The van der Waals surface area contributed by atoms with Gasteiger partial charge in [-0.15, -0.1) is 0 Å². The lowest BCUT2D eigenvalue weighted by molar-refractivity contribution is -0.119. The lowest BCUT2D eigenvalue weighted by Gasteiger charge is -2.18. The van der Waals surface area contributed by atoms with Crippen LogP contribution in [0.15, 0.2) is 28.2 Å². The van der Waals surface area contributed by atoms with E-state index >= 15 is 0 Å². The maximum atomic E-state index is 13.0. The molecule has 1 atom stereocenters. The van der Waals surface area contributed by atoms with Crippen molar-refractivity contribution in [1.82, 2.24) is 14.9 Å².